The first-order valence-electron chi connectivity index (χ1n) is 5.72. The Balaban J connectivity index is 2.87. The van der Waals surface area contributed by atoms with Crippen LogP contribution in [0.5, 0.6) is 0 Å². The molecule has 0 aromatic heterocycles. The number of rotatable bonds is 4. The molecule has 0 bridgehead atoms. The third-order valence-electron chi connectivity index (χ3n) is 3.49. The second-order valence-corrected chi connectivity index (χ2v) is 4.51. The molecule has 5 heteroatoms. The molecule has 5 nitrogen and oxygen atoms in total. The molecule has 1 aliphatic rings. The molecule has 0 aromatic carbocycles. The smallest absolute Gasteiger partial charge is 0.329 e. The van der Waals surface area contributed by atoms with E-state index >= 15 is 0 Å². The van der Waals surface area contributed by atoms with Gasteiger partial charge in [-0.25, -0.2) is 4.79 Å². The maximum absolute atomic E-state index is 12.1. The van der Waals surface area contributed by atoms with Gasteiger partial charge >= 0.3 is 5.97 Å². The van der Waals surface area contributed by atoms with Gasteiger partial charge in [-0.1, -0.05) is 6.92 Å². The quantitative estimate of drug-likeness (QED) is 0.731. The largest absolute Gasteiger partial charge is 0.480 e. The van der Waals surface area contributed by atoms with Gasteiger partial charge in [-0.3, -0.25) is 4.79 Å². The van der Waals surface area contributed by atoms with E-state index in [0.29, 0.717) is 19.4 Å². The Kier molecular flexibility index (Phi) is 3.91. The number of carboxylic acid groups (broad SMARTS) is 1. The molecule has 1 rings (SSSR count). The molecule has 2 atom stereocenters. The SMILES string of the molecule is CCC(CN)C(=O)N1CCCC1(C)C(=O)O. The van der Waals surface area contributed by atoms with Crippen molar-refractivity contribution in [3.63, 3.8) is 0 Å². The molecule has 0 aliphatic carbocycles. The van der Waals surface area contributed by atoms with Crippen molar-refractivity contribution in [3.8, 4) is 0 Å². The van der Waals surface area contributed by atoms with Gasteiger partial charge in [-0.05, 0) is 26.2 Å². The maximum atomic E-state index is 12.1. The van der Waals surface area contributed by atoms with E-state index in [1.54, 1.807) is 6.92 Å². The van der Waals surface area contributed by atoms with Crippen LogP contribution in [0.4, 0.5) is 0 Å². The van der Waals surface area contributed by atoms with Crippen LogP contribution in [0.3, 0.4) is 0 Å². The zero-order chi connectivity index (χ0) is 12.3. The van der Waals surface area contributed by atoms with Crippen LogP contribution in [0.2, 0.25) is 0 Å². The Bertz CT molecular complexity index is 289. The summed E-state index contributed by atoms with van der Waals surface area (Å²) in [5.41, 5.74) is 4.48. The Morgan fingerprint density at radius 1 is 1.56 bits per heavy atom. The normalized spacial score (nSPS) is 26.8. The number of hydrogen-bond acceptors (Lipinski definition) is 3. The summed E-state index contributed by atoms with van der Waals surface area (Å²) in [6.07, 6.45) is 1.92. The van der Waals surface area contributed by atoms with E-state index in [-0.39, 0.29) is 18.4 Å². The predicted octanol–water partition coefficient (Wildman–Crippen LogP) is 0.437. The summed E-state index contributed by atoms with van der Waals surface area (Å²) in [5, 5.41) is 9.19. The lowest BCUT2D eigenvalue weighted by molar-refractivity contribution is -0.156. The van der Waals surface area contributed by atoms with Gasteiger partial charge in [0.15, 0.2) is 0 Å². The second-order valence-electron chi connectivity index (χ2n) is 4.51. The fourth-order valence-electron chi connectivity index (χ4n) is 2.20. The van der Waals surface area contributed by atoms with Gasteiger partial charge in [0.25, 0.3) is 0 Å². The van der Waals surface area contributed by atoms with Crippen LogP contribution in [0, 0.1) is 5.92 Å². The highest BCUT2D eigenvalue weighted by Gasteiger charge is 2.46. The lowest BCUT2D eigenvalue weighted by Gasteiger charge is -2.33. The third-order valence-corrected chi connectivity index (χ3v) is 3.49. The van der Waals surface area contributed by atoms with Crippen LogP contribution in [0.25, 0.3) is 0 Å². The maximum Gasteiger partial charge on any atom is 0.329 e. The van der Waals surface area contributed by atoms with Gasteiger partial charge < -0.3 is 15.7 Å². The third kappa shape index (κ3) is 2.04. The van der Waals surface area contributed by atoms with Crippen molar-refractivity contribution in [2.75, 3.05) is 13.1 Å². The lowest BCUT2D eigenvalue weighted by Crippen LogP contribution is -2.53. The van der Waals surface area contributed by atoms with Crippen molar-refractivity contribution in [1.82, 2.24) is 4.90 Å². The molecule has 1 aliphatic heterocycles. The first kappa shape index (κ1) is 13.0. The van der Waals surface area contributed by atoms with E-state index in [0.717, 1.165) is 6.42 Å². The fourth-order valence-corrected chi connectivity index (χ4v) is 2.20. The molecule has 0 spiro atoms. The van der Waals surface area contributed by atoms with Gasteiger partial charge in [-0.15, -0.1) is 0 Å². The Hall–Kier alpha value is -1.10. The van der Waals surface area contributed by atoms with E-state index in [4.69, 9.17) is 5.73 Å². The van der Waals surface area contributed by atoms with Crippen molar-refractivity contribution >= 4 is 11.9 Å². The monoisotopic (exact) mass is 228 g/mol. The minimum absolute atomic E-state index is 0.118. The Morgan fingerprint density at radius 2 is 2.19 bits per heavy atom. The van der Waals surface area contributed by atoms with Gasteiger partial charge in [0.05, 0.1) is 5.92 Å². The molecule has 16 heavy (non-hydrogen) atoms. The van der Waals surface area contributed by atoms with Gasteiger partial charge in [0.2, 0.25) is 5.91 Å². The Labute approximate surface area is 95.6 Å². The predicted molar refractivity (Wildman–Crippen MR) is 59.8 cm³/mol. The van der Waals surface area contributed by atoms with Crippen molar-refractivity contribution in [2.24, 2.45) is 11.7 Å². The second kappa shape index (κ2) is 4.82. The molecular weight excluding hydrogens is 208 g/mol. The first-order chi connectivity index (χ1) is 7.47. The summed E-state index contributed by atoms with van der Waals surface area (Å²) in [5.74, 6) is -1.30. The molecular formula is C11H20N2O3. The standard InChI is InChI=1S/C11H20N2O3/c1-3-8(7-12)9(14)13-6-4-5-11(13,2)10(15)16/h8H,3-7,12H2,1-2H3,(H,15,16). The molecule has 1 amide bonds. The van der Waals surface area contributed by atoms with E-state index in [9.17, 15) is 14.7 Å². The van der Waals surface area contributed by atoms with Gasteiger partial charge in [-0.2, -0.15) is 0 Å². The Morgan fingerprint density at radius 3 is 2.62 bits per heavy atom. The molecule has 0 aromatic rings. The molecule has 1 fully saturated rings. The summed E-state index contributed by atoms with van der Waals surface area (Å²) in [6, 6.07) is 0. The van der Waals surface area contributed by atoms with E-state index in [1.165, 1.54) is 4.90 Å². The number of carbonyl (C=O) groups is 2. The van der Waals surface area contributed by atoms with Crippen LogP contribution >= 0.6 is 0 Å². The number of aliphatic carboxylic acids is 1. The average molecular weight is 228 g/mol. The van der Waals surface area contributed by atoms with Crippen molar-refractivity contribution in [1.29, 1.82) is 0 Å². The van der Waals surface area contributed by atoms with Gasteiger partial charge in [0.1, 0.15) is 5.54 Å². The zero-order valence-corrected chi connectivity index (χ0v) is 9.90. The van der Waals surface area contributed by atoms with Crippen molar-refractivity contribution in [3.05, 3.63) is 0 Å². The first-order valence-corrected chi connectivity index (χ1v) is 5.72. The molecule has 92 valence electrons. The summed E-state index contributed by atoms with van der Waals surface area (Å²) in [6.45, 7) is 4.31. The minimum Gasteiger partial charge on any atom is -0.480 e. The number of hydrogen-bond donors (Lipinski definition) is 2. The van der Waals surface area contributed by atoms with E-state index < -0.39 is 11.5 Å². The lowest BCUT2D eigenvalue weighted by atomic mass is 9.96. The number of carbonyl (C=O) groups excluding carboxylic acids is 1. The average Bonchev–Trinajstić information content (AvgIpc) is 2.63. The van der Waals surface area contributed by atoms with Crippen molar-refractivity contribution in [2.45, 2.75) is 38.6 Å². The summed E-state index contributed by atoms with van der Waals surface area (Å²) >= 11 is 0. The molecule has 0 saturated carbocycles. The van der Waals surface area contributed by atoms with Crippen LogP contribution < -0.4 is 5.73 Å². The number of carboxylic acids is 1. The molecule has 0 radical (unpaired) electrons. The fraction of sp³-hybridized carbons (Fsp3) is 0.818. The van der Waals surface area contributed by atoms with Crippen LogP contribution in [-0.4, -0.2) is 40.5 Å². The van der Waals surface area contributed by atoms with Crippen LogP contribution in [0.15, 0.2) is 0 Å². The molecule has 2 unspecified atom stereocenters. The highest BCUT2D eigenvalue weighted by Crippen LogP contribution is 2.30. The summed E-state index contributed by atoms with van der Waals surface area (Å²) in [4.78, 5) is 24.8. The van der Waals surface area contributed by atoms with E-state index in [2.05, 4.69) is 0 Å². The molecule has 1 saturated heterocycles. The van der Waals surface area contributed by atoms with Crippen LogP contribution in [0.1, 0.15) is 33.1 Å². The topological polar surface area (TPSA) is 83.6 Å². The highest BCUT2D eigenvalue weighted by molar-refractivity contribution is 5.88. The zero-order valence-electron chi connectivity index (χ0n) is 9.90. The number of amides is 1. The summed E-state index contributed by atoms with van der Waals surface area (Å²) in [7, 11) is 0. The number of nitrogens with two attached hydrogens (primary N) is 1. The number of likely N-dealkylation sites (tertiary alicyclic amines) is 1. The summed E-state index contributed by atoms with van der Waals surface area (Å²) < 4.78 is 0. The van der Waals surface area contributed by atoms with Crippen LogP contribution in [-0.2, 0) is 9.59 Å². The molecule has 1 heterocycles. The highest BCUT2D eigenvalue weighted by atomic mass is 16.4. The number of nitrogens with zero attached hydrogens (tertiary/aromatic N) is 1. The van der Waals surface area contributed by atoms with Crippen molar-refractivity contribution < 1.29 is 14.7 Å². The van der Waals surface area contributed by atoms with Gasteiger partial charge in [0, 0.05) is 13.1 Å². The van der Waals surface area contributed by atoms with E-state index in [1.807, 2.05) is 6.92 Å². The minimum atomic E-state index is -1.04. The molecule has 3 N–H and O–H groups in total.